The van der Waals surface area contributed by atoms with Crippen LogP contribution in [0.3, 0.4) is 0 Å². The van der Waals surface area contributed by atoms with Crippen LogP contribution in [0.15, 0.2) is 12.5 Å². The second kappa shape index (κ2) is 5.23. The average molecular weight is 299 g/mol. The molecule has 8 heteroatoms. The van der Waals surface area contributed by atoms with E-state index in [1.165, 1.54) is 0 Å². The highest BCUT2D eigenvalue weighted by Gasteiger charge is 2.23. The molecule has 0 radical (unpaired) electrons. The topological polar surface area (TPSA) is 49.3 Å². The van der Waals surface area contributed by atoms with Gasteiger partial charge >= 0.3 is 0 Å². The lowest BCUT2D eigenvalue weighted by Crippen LogP contribution is -2.40. The van der Waals surface area contributed by atoms with Crippen molar-refractivity contribution in [2.24, 2.45) is 0 Å². The van der Waals surface area contributed by atoms with Crippen molar-refractivity contribution < 1.29 is 14.8 Å². The van der Waals surface area contributed by atoms with Crippen LogP contribution >= 0.6 is 37.0 Å². The third-order valence-electron chi connectivity index (χ3n) is 1.95. The predicted molar refractivity (Wildman–Crippen MR) is 78.1 cm³/mol. The minimum atomic E-state index is -0.903. The van der Waals surface area contributed by atoms with Gasteiger partial charge in [0.15, 0.2) is 0 Å². The number of aliphatic hydroxyl groups is 2. The summed E-state index contributed by atoms with van der Waals surface area (Å²) >= 11 is 0. The van der Waals surface area contributed by atoms with Crippen LogP contribution in [-0.2, 0) is 13.1 Å². The Hall–Kier alpha value is 0.850. The molecule has 0 aliphatic carbocycles. The highest BCUT2D eigenvalue weighted by molar-refractivity contribution is 7.39. The number of aryl methyl sites for hydroxylation is 1. The summed E-state index contributed by atoms with van der Waals surface area (Å²) in [4.78, 5) is 0. The van der Waals surface area contributed by atoms with Gasteiger partial charge in [-0.1, -0.05) is 37.0 Å². The smallest absolute Gasteiger partial charge is 0.244 e. The Morgan fingerprint density at radius 3 is 2.25 bits per heavy atom. The quantitative estimate of drug-likeness (QED) is 0.601. The fourth-order valence-corrected chi connectivity index (χ4v) is 2.25. The minimum Gasteiger partial charge on any atom is -0.378 e. The lowest BCUT2D eigenvalue weighted by Gasteiger charge is -2.14. The Balaban J connectivity index is 2.82. The number of imidazole rings is 1. The van der Waals surface area contributed by atoms with E-state index in [9.17, 15) is 10.2 Å². The lowest BCUT2D eigenvalue weighted by atomic mass is 10.5. The summed E-state index contributed by atoms with van der Waals surface area (Å²) in [5.41, 5.74) is 1.03. The average Bonchev–Trinajstić information content (AvgIpc) is 2.23. The van der Waals surface area contributed by atoms with Gasteiger partial charge in [-0.3, -0.25) is 0 Å². The maximum Gasteiger partial charge on any atom is 0.244 e. The van der Waals surface area contributed by atoms with Crippen molar-refractivity contribution in [3.63, 3.8) is 0 Å². The van der Waals surface area contributed by atoms with Crippen LogP contribution in [0.5, 0.6) is 0 Å². The molecule has 0 amide bonds. The third-order valence-corrected chi connectivity index (χ3v) is 2.68. The van der Waals surface area contributed by atoms with Gasteiger partial charge in [-0.05, 0) is 0 Å². The van der Waals surface area contributed by atoms with E-state index in [1.807, 2.05) is 28.6 Å². The first-order valence-corrected chi connectivity index (χ1v) is 7.04. The molecule has 0 aliphatic rings. The van der Waals surface area contributed by atoms with Gasteiger partial charge in [-0.15, -0.1) is 0 Å². The van der Waals surface area contributed by atoms with Crippen LogP contribution in [0.2, 0.25) is 0 Å². The first-order chi connectivity index (χ1) is 7.07. The van der Waals surface area contributed by atoms with E-state index in [0.717, 1.165) is 5.69 Å². The van der Waals surface area contributed by atoms with E-state index in [-0.39, 0.29) is 0 Å². The number of rotatable bonds is 4. The summed E-state index contributed by atoms with van der Waals surface area (Å²) in [7, 11) is 9.45. The normalized spacial score (nSPS) is 13.2. The molecule has 1 rings (SSSR count). The Labute approximate surface area is 105 Å². The molecule has 0 aromatic carbocycles. The zero-order valence-corrected chi connectivity index (χ0v) is 13.8. The Bertz CT molecular complexity index is 367. The fraction of sp³-hybridized carbons (Fsp3) is 0.625. The molecular formula is C8H19N2O2P4+. The Kier molecular flexibility index (Phi) is 4.87. The summed E-state index contributed by atoms with van der Waals surface area (Å²) in [6.45, 7) is 2.89. The van der Waals surface area contributed by atoms with Gasteiger partial charge in [0, 0.05) is 6.92 Å². The number of hydrogen-bond donors (Lipinski definition) is 2. The van der Waals surface area contributed by atoms with Gasteiger partial charge < -0.3 is 10.2 Å². The van der Waals surface area contributed by atoms with E-state index >= 15 is 0 Å². The summed E-state index contributed by atoms with van der Waals surface area (Å²) in [6.07, 6.45) is 3.80. The molecule has 0 fully saturated rings. The molecule has 0 aliphatic heterocycles. The van der Waals surface area contributed by atoms with Gasteiger partial charge in [0.2, 0.25) is 6.33 Å². The summed E-state index contributed by atoms with van der Waals surface area (Å²) in [5, 5.41) is 17.5. The van der Waals surface area contributed by atoms with E-state index in [1.54, 1.807) is 0 Å². The third kappa shape index (κ3) is 5.46. The van der Waals surface area contributed by atoms with Crippen molar-refractivity contribution in [1.29, 1.82) is 0 Å². The van der Waals surface area contributed by atoms with Gasteiger partial charge in [0.25, 0.3) is 0 Å². The molecule has 1 aromatic heterocycles. The molecule has 4 nitrogen and oxygen atoms in total. The van der Waals surface area contributed by atoms with Gasteiger partial charge in [-0.25, -0.2) is 9.13 Å². The Morgan fingerprint density at radius 1 is 1.25 bits per heavy atom. The summed E-state index contributed by atoms with van der Waals surface area (Å²) in [6, 6.07) is 0. The molecule has 92 valence electrons. The zero-order valence-electron chi connectivity index (χ0n) is 9.17. The predicted octanol–water partition coefficient (Wildman–Crippen LogP) is -0.123. The monoisotopic (exact) mass is 299 g/mol. The van der Waals surface area contributed by atoms with Crippen LogP contribution in [0, 0.1) is 6.92 Å². The maximum absolute atomic E-state index is 9.68. The molecule has 0 saturated carbocycles. The minimum absolute atomic E-state index is 0.461. The van der Waals surface area contributed by atoms with Crippen LogP contribution in [0.25, 0.3) is 0 Å². The highest BCUT2D eigenvalue weighted by atomic mass is 31.1. The van der Waals surface area contributed by atoms with Crippen molar-refractivity contribution in [2.75, 3.05) is 0 Å². The van der Waals surface area contributed by atoms with Crippen molar-refractivity contribution in [1.82, 2.24) is 4.57 Å². The fourth-order valence-electron chi connectivity index (χ4n) is 1.43. The van der Waals surface area contributed by atoms with Gasteiger partial charge in [-0.2, -0.15) is 0 Å². The molecule has 0 bridgehead atoms. The number of nitrogens with zero attached hydrogens (tertiary/aromatic N) is 2. The van der Waals surface area contributed by atoms with Crippen LogP contribution < -0.4 is 4.57 Å². The lowest BCUT2D eigenvalue weighted by molar-refractivity contribution is -0.701. The van der Waals surface area contributed by atoms with Crippen LogP contribution in [-0.4, -0.2) is 24.9 Å². The second-order valence-corrected chi connectivity index (χ2v) is 9.50. The van der Waals surface area contributed by atoms with Crippen molar-refractivity contribution in [3.8, 4) is 0 Å². The summed E-state index contributed by atoms with van der Waals surface area (Å²) in [5.74, 6) is 0. The SMILES string of the molecule is Cc1c[n+](CC(O)(P)P)cn1CC(O)(P)P. The van der Waals surface area contributed by atoms with Crippen molar-refractivity contribution >= 4 is 37.0 Å². The number of hydrogen-bond acceptors (Lipinski definition) is 2. The molecule has 1 aromatic rings. The largest absolute Gasteiger partial charge is 0.378 e. The highest BCUT2D eigenvalue weighted by Crippen LogP contribution is 2.25. The molecule has 4 atom stereocenters. The van der Waals surface area contributed by atoms with Crippen LogP contribution in [0.1, 0.15) is 5.69 Å². The first-order valence-electron chi connectivity index (χ1n) is 4.73. The van der Waals surface area contributed by atoms with Crippen molar-refractivity contribution in [2.45, 2.75) is 30.2 Å². The van der Waals surface area contributed by atoms with Gasteiger partial charge in [0.1, 0.15) is 35.1 Å². The molecule has 16 heavy (non-hydrogen) atoms. The molecular weight excluding hydrogens is 280 g/mol. The molecule has 1 heterocycles. The molecule has 0 spiro atoms. The molecule has 0 saturated heterocycles. The van der Waals surface area contributed by atoms with E-state index < -0.39 is 10.2 Å². The van der Waals surface area contributed by atoms with E-state index in [0.29, 0.717) is 13.1 Å². The van der Waals surface area contributed by atoms with E-state index in [2.05, 4.69) is 37.0 Å². The van der Waals surface area contributed by atoms with Crippen LogP contribution in [0.4, 0.5) is 0 Å². The maximum atomic E-state index is 9.68. The first kappa shape index (κ1) is 14.9. The molecule has 2 N–H and O–H groups in total. The standard InChI is InChI=1S/C8H19N2O2P4/c1-6-2-9(3-7(11,13)14)5-10(6)4-8(12,15)16/h2,5,11-12H,3-4,13-16H2,1H3/q+1. The zero-order chi connectivity index (χ0) is 12.6. The molecule has 4 unspecified atom stereocenters. The number of aromatic nitrogens is 2. The summed E-state index contributed by atoms with van der Waals surface area (Å²) < 4.78 is 3.82. The van der Waals surface area contributed by atoms with E-state index in [4.69, 9.17) is 0 Å². The second-order valence-electron chi connectivity index (χ2n) is 4.17. The Morgan fingerprint density at radius 2 is 1.81 bits per heavy atom. The van der Waals surface area contributed by atoms with Gasteiger partial charge in [0.05, 0.1) is 0 Å². The van der Waals surface area contributed by atoms with Crippen molar-refractivity contribution in [3.05, 3.63) is 18.2 Å².